The van der Waals surface area contributed by atoms with E-state index in [0.29, 0.717) is 11.3 Å². The van der Waals surface area contributed by atoms with E-state index in [-0.39, 0.29) is 29.4 Å². The number of benzene rings is 2. The van der Waals surface area contributed by atoms with Gasteiger partial charge >= 0.3 is 0 Å². The van der Waals surface area contributed by atoms with Crippen LogP contribution < -0.4 is 15.8 Å². The monoisotopic (exact) mass is 368 g/mol. The van der Waals surface area contributed by atoms with Gasteiger partial charge in [-0.05, 0) is 36.8 Å². The third kappa shape index (κ3) is 4.49. The normalized spacial score (nSPS) is 10.4. The third-order valence-electron chi connectivity index (χ3n) is 3.58. The fourth-order valence-electron chi connectivity index (χ4n) is 2.35. The summed E-state index contributed by atoms with van der Waals surface area (Å²) in [5.41, 5.74) is 8.85. The van der Waals surface area contributed by atoms with Gasteiger partial charge in [-0.3, -0.25) is 4.79 Å². The number of nitrogens with zero attached hydrogens (tertiary/aromatic N) is 2. The molecule has 1 aromatic heterocycles. The number of ether oxygens (including phenoxy) is 1. The highest BCUT2D eigenvalue weighted by Gasteiger charge is 2.08. The van der Waals surface area contributed by atoms with Crippen LogP contribution >= 0.6 is 11.6 Å². The number of aromatic nitrogens is 2. The zero-order valence-electron chi connectivity index (χ0n) is 14.1. The van der Waals surface area contributed by atoms with Gasteiger partial charge in [-0.15, -0.1) is 0 Å². The second-order valence-electron chi connectivity index (χ2n) is 5.70. The maximum absolute atomic E-state index is 12.3. The lowest BCUT2D eigenvalue weighted by atomic mass is 10.1. The van der Waals surface area contributed by atoms with Crippen LogP contribution in [0.1, 0.15) is 21.5 Å². The molecule has 1 heterocycles. The molecular formula is C19H17ClN4O2. The lowest BCUT2D eigenvalue weighted by Crippen LogP contribution is -2.12. The summed E-state index contributed by atoms with van der Waals surface area (Å²) < 4.78 is 5.57. The molecule has 0 atom stereocenters. The molecule has 0 bridgehead atoms. The van der Waals surface area contributed by atoms with Crippen LogP contribution in [0.2, 0.25) is 5.15 Å². The molecule has 0 radical (unpaired) electrons. The average Bonchev–Trinajstić information content (AvgIpc) is 2.63. The number of nitrogens with one attached hydrogen (secondary N) is 1. The zero-order valence-corrected chi connectivity index (χ0v) is 14.8. The third-order valence-corrected chi connectivity index (χ3v) is 3.76. The van der Waals surface area contributed by atoms with Gasteiger partial charge in [0.1, 0.15) is 6.61 Å². The number of rotatable bonds is 5. The highest BCUT2D eigenvalue weighted by molar-refractivity contribution is 6.29. The number of amides is 1. The summed E-state index contributed by atoms with van der Waals surface area (Å²) in [6, 6.07) is 14.7. The van der Waals surface area contributed by atoms with E-state index in [1.807, 2.05) is 49.4 Å². The van der Waals surface area contributed by atoms with Gasteiger partial charge in [0.05, 0.1) is 6.20 Å². The zero-order chi connectivity index (χ0) is 18.5. The van der Waals surface area contributed by atoms with Gasteiger partial charge in [0.15, 0.2) is 11.0 Å². The summed E-state index contributed by atoms with van der Waals surface area (Å²) in [5.74, 6) is 0.168. The van der Waals surface area contributed by atoms with Crippen LogP contribution in [0, 0.1) is 6.92 Å². The second kappa shape index (κ2) is 7.84. The lowest BCUT2D eigenvalue weighted by Gasteiger charge is -2.10. The predicted molar refractivity (Wildman–Crippen MR) is 101 cm³/mol. The summed E-state index contributed by atoms with van der Waals surface area (Å²) in [5, 5.41) is 3.08. The summed E-state index contributed by atoms with van der Waals surface area (Å²) in [4.78, 5) is 20.2. The first-order valence-electron chi connectivity index (χ1n) is 7.89. The topological polar surface area (TPSA) is 90.1 Å². The Morgan fingerprint density at radius 3 is 2.85 bits per heavy atom. The van der Waals surface area contributed by atoms with Crippen molar-refractivity contribution < 1.29 is 9.53 Å². The van der Waals surface area contributed by atoms with E-state index in [9.17, 15) is 4.79 Å². The molecule has 0 spiro atoms. The molecule has 7 heteroatoms. The number of nitrogens with two attached hydrogens (primary N) is 1. The summed E-state index contributed by atoms with van der Waals surface area (Å²) >= 11 is 5.79. The van der Waals surface area contributed by atoms with Crippen molar-refractivity contribution in [3.05, 3.63) is 76.6 Å². The van der Waals surface area contributed by atoms with Crippen LogP contribution in [0.5, 0.6) is 5.88 Å². The van der Waals surface area contributed by atoms with Crippen LogP contribution in [0.3, 0.4) is 0 Å². The molecule has 2 aromatic carbocycles. The standard InChI is InChI=1S/C19H17ClN4O2/c1-12-4-2-6-14(8-12)18(25)23-15-7-3-5-13(9-15)11-26-19-17(21)22-10-16(20)24-19/h2-10H,11H2,1H3,(H2,21,22)(H,23,25). The molecule has 0 aliphatic carbocycles. The molecule has 1 amide bonds. The van der Waals surface area contributed by atoms with Gasteiger partial charge in [-0.1, -0.05) is 41.4 Å². The minimum absolute atomic E-state index is 0.165. The molecular weight excluding hydrogens is 352 g/mol. The van der Waals surface area contributed by atoms with E-state index < -0.39 is 0 Å². The fraction of sp³-hybridized carbons (Fsp3) is 0.105. The number of anilines is 2. The van der Waals surface area contributed by atoms with E-state index in [1.165, 1.54) is 6.20 Å². The number of halogens is 1. The summed E-state index contributed by atoms with van der Waals surface area (Å²) in [6.07, 6.45) is 1.35. The molecule has 132 valence electrons. The first-order valence-corrected chi connectivity index (χ1v) is 8.27. The summed E-state index contributed by atoms with van der Waals surface area (Å²) in [6.45, 7) is 2.16. The molecule has 3 N–H and O–H groups in total. The molecule has 0 saturated heterocycles. The molecule has 0 fully saturated rings. The highest BCUT2D eigenvalue weighted by Crippen LogP contribution is 2.20. The quantitative estimate of drug-likeness (QED) is 0.713. The van der Waals surface area contributed by atoms with Crippen LogP contribution in [0.25, 0.3) is 0 Å². The van der Waals surface area contributed by atoms with Crippen LogP contribution in [-0.2, 0) is 6.61 Å². The molecule has 3 rings (SSSR count). The van der Waals surface area contributed by atoms with Crippen LogP contribution in [-0.4, -0.2) is 15.9 Å². The number of hydrogen-bond donors (Lipinski definition) is 2. The van der Waals surface area contributed by atoms with Crippen molar-refractivity contribution in [1.29, 1.82) is 0 Å². The van der Waals surface area contributed by atoms with E-state index >= 15 is 0 Å². The Balaban J connectivity index is 1.68. The van der Waals surface area contributed by atoms with Gasteiger partial charge in [0.2, 0.25) is 0 Å². The smallest absolute Gasteiger partial charge is 0.258 e. The van der Waals surface area contributed by atoms with Crippen LogP contribution in [0.15, 0.2) is 54.7 Å². The Morgan fingerprint density at radius 1 is 1.23 bits per heavy atom. The maximum Gasteiger partial charge on any atom is 0.258 e. The molecule has 0 saturated carbocycles. The lowest BCUT2D eigenvalue weighted by molar-refractivity contribution is 0.102. The van der Waals surface area contributed by atoms with Crippen molar-refractivity contribution in [1.82, 2.24) is 9.97 Å². The highest BCUT2D eigenvalue weighted by atomic mass is 35.5. The first-order chi connectivity index (χ1) is 12.5. The van der Waals surface area contributed by atoms with Crippen molar-refractivity contribution in [2.75, 3.05) is 11.1 Å². The fourth-order valence-corrected chi connectivity index (χ4v) is 2.47. The number of nitrogen functional groups attached to an aromatic ring is 1. The SMILES string of the molecule is Cc1cccc(C(=O)Nc2cccc(COc3nc(Cl)cnc3N)c2)c1. The average molecular weight is 369 g/mol. The van der Waals surface area contributed by atoms with Gasteiger partial charge in [-0.2, -0.15) is 4.98 Å². The molecule has 0 aliphatic heterocycles. The predicted octanol–water partition coefficient (Wildman–Crippen LogP) is 3.85. The van der Waals surface area contributed by atoms with Gasteiger partial charge in [0.25, 0.3) is 11.8 Å². The van der Waals surface area contributed by atoms with Gasteiger partial charge in [-0.25, -0.2) is 4.98 Å². The molecule has 6 nitrogen and oxygen atoms in total. The number of carbonyl (C=O) groups excluding carboxylic acids is 1. The van der Waals surface area contributed by atoms with E-state index in [4.69, 9.17) is 22.1 Å². The molecule has 0 aliphatic rings. The Morgan fingerprint density at radius 2 is 2.04 bits per heavy atom. The molecule has 0 unspecified atom stereocenters. The van der Waals surface area contributed by atoms with Crippen molar-refractivity contribution in [3.8, 4) is 5.88 Å². The van der Waals surface area contributed by atoms with Gasteiger partial charge in [0, 0.05) is 11.3 Å². The first kappa shape index (κ1) is 17.7. The number of carbonyl (C=O) groups is 1. The summed E-state index contributed by atoms with van der Waals surface area (Å²) in [7, 11) is 0. The van der Waals surface area contributed by atoms with E-state index in [1.54, 1.807) is 6.07 Å². The van der Waals surface area contributed by atoms with Crippen molar-refractivity contribution in [2.24, 2.45) is 0 Å². The Labute approximate surface area is 156 Å². The number of hydrogen-bond acceptors (Lipinski definition) is 5. The van der Waals surface area contributed by atoms with Gasteiger partial charge < -0.3 is 15.8 Å². The molecule has 26 heavy (non-hydrogen) atoms. The maximum atomic E-state index is 12.3. The largest absolute Gasteiger partial charge is 0.470 e. The Kier molecular flexibility index (Phi) is 5.34. The van der Waals surface area contributed by atoms with Crippen LogP contribution in [0.4, 0.5) is 11.5 Å². The minimum Gasteiger partial charge on any atom is -0.470 e. The minimum atomic E-state index is -0.170. The van der Waals surface area contributed by atoms with E-state index in [0.717, 1.165) is 11.1 Å². The Bertz CT molecular complexity index is 946. The Hall–Kier alpha value is -3.12. The molecule has 3 aromatic rings. The number of aryl methyl sites for hydroxylation is 1. The second-order valence-corrected chi connectivity index (χ2v) is 6.08. The van der Waals surface area contributed by atoms with Crippen molar-refractivity contribution in [2.45, 2.75) is 13.5 Å². The van der Waals surface area contributed by atoms with E-state index in [2.05, 4.69) is 15.3 Å². The van der Waals surface area contributed by atoms with Crippen molar-refractivity contribution >= 4 is 29.0 Å². The van der Waals surface area contributed by atoms with Crippen molar-refractivity contribution in [3.63, 3.8) is 0 Å².